The lowest BCUT2D eigenvalue weighted by molar-refractivity contribution is 0.200. The number of nitrogens with one attached hydrogen (secondary N) is 1. The average molecular weight is 177 g/mol. The van der Waals surface area contributed by atoms with E-state index in [4.69, 9.17) is 6.57 Å². The Balaban J connectivity index is 1.94. The Morgan fingerprint density at radius 1 is 1.46 bits per heavy atom. The maximum Gasteiger partial charge on any atom is 0.163 e. The van der Waals surface area contributed by atoms with E-state index in [1.165, 1.54) is 0 Å². The molecular formula is C10H15N3. The van der Waals surface area contributed by atoms with Gasteiger partial charge in [-0.25, -0.2) is 4.85 Å². The third-order valence-corrected chi connectivity index (χ3v) is 2.85. The summed E-state index contributed by atoms with van der Waals surface area (Å²) < 4.78 is 0. The summed E-state index contributed by atoms with van der Waals surface area (Å²) in [7, 11) is 0. The predicted molar refractivity (Wildman–Crippen MR) is 52.1 cm³/mol. The molecule has 1 saturated heterocycles. The van der Waals surface area contributed by atoms with Crippen LogP contribution in [0.4, 0.5) is 0 Å². The van der Waals surface area contributed by atoms with E-state index in [1.807, 2.05) is 0 Å². The van der Waals surface area contributed by atoms with Gasteiger partial charge in [-0.2, -0.15) is 0 Å². The van der Waals surface area contributed by atoms with E-state index in [2.05, 4.69) is 21.1 Å². The van der Waals surface area contributed by atoms with Crippen LogP contribution in [0.25, 0.3) is 4.85 Å². The third kappa shape index (κ3) is 1.90. The van der Waals surface area contributed by atoms with Gasteiger partial charge in [0.15, 0.2) is 5.70 Å². The van der Waals surface area contributed by atoms with Crippen molar-refractivity contribution in [2.24, 2.45) is 0 Å². The van der Waals surface area contributed by atoms with Crippen LogP contribution < -0.4 is 5.32 Å². The molecule has 1 aliphatic heterocycles. The smallest absolute Gasteiger partial charge is 0.163 e. The minimum absolute atomic E-state index is 0.547. The van der Waals surface area contributed by atoms with Crippen molar-refractivity contribution in [2.75, 3.05) is 26.2 Å². The highest BCUT2D eigenvalue weighted by Crippen LogP contribution is 2.23. The zero-order valence-corrected chi connectivity index (χ0v) is 7.79. The van der Waals surface area contributed by atoms with E-state index >= 15 is 0 Å². The van der Waals surface area contributed by atoms with Crippen molar-refractivity contribution in [1.29, 1.82) is 0 Å². The van der Waals surface area contributed by atoms with Gasteiger partial charge in [-0.1, -0.05) is 6.08 Å². The summed E-state index contributed by atoms with van der Waals surface area (Å²) in [5, 5.41) is 3.34. The van der Waals surface area contributed by atoms with E-state index in [9.17, 15) is 0 Å². The summed E-state index contributed by atoms with van der Waals surface area (Å²) in [6.07, 6.45) is 4.29. The zero-order valence-electron chi connectivity index (χ0n) is 7.79. The van der Waals surface area contributed by atoms with Crippen LogP contribution in [0.5, 0.6) is 0 Å². The molecule has 13 heavy (non-hydrogen) atoms. The van der Waals surface area contributed by atoms with Gasteiger partial charge in [-0.15, -0.1) is 0 Å². The number of rotatable bonds is 1. The molecule has 2 aliphatic rings. The van der Waals surface area contributed by atoms with E-state index in [-0.39, 0.29) is 0 Å². The fourth-order valence-electron chi connectivity index (χ4n) is 2.08. The minimum Gasteiger partial charge on any atom is -0.314 e. The van der Waals surface area contributed by atoms with Crippen molar-refractivity contribution in [1.82, 2.24) is 10.2 Å². The number of hydrogen-bond donors (Lipinski definition) is 1. The van der Waals surface area contributed by atoms with Gasteiger partial charge in [0.05, 0.1) is 6.57 Å². The van der Waals surface area contributed by atoms with Gasteiger partial charge in [0.2, 0.25) is 0 Å². The molecule has 70 valence electrons. The highest BCUT2D eigenvalue weighted by atomic mass is 15.2. The number of piperazine rings is 1. The van der Waals surface area contributed by atoms with Gasteiger partial charge in [0, 0.05) is 32.2 Å². The van der Waals surface area contributed by atoms with Crippen molar-refractivity contribution < 1.29 is 0 Å². The van der Waals surface area contributed by atoms with Gasteiger partial charge in [-0.05, 0) is 12.8 Å². The topological polar surface area (TPSA) is 19.6 Å². The van der Waals surface area contributed by atoms with E-state index < -0.39 is 0 Å². The summed E-state index contributed by atoms with van der Waals surface area (Å²) in [6.45, 7) is 11.4. The summed E-state index contributed by atoms with van der Waals surface area (Å²) in [5.41, 5.74) is 0.962. The quantitative estimate of drug-likeness (QED) is 0.599. The minimum atomic E-state index is 0.547. The zero-order chi connectivity index (χ0) is 9.10. The molecule has 3 heteroatoms. The second kappa shape index (κ2) is 3.91. The van der Waals surface area contributed by atoms with Crippen LogP contribution in [-0.4, -0.2) is 37.1 Å². The Bertz CT molecular complexity index is 245. The number of allylic oxidation sites excluding steroid dienone is 1. The Hall–Kier alpha value is -0.850. The first-order chi connectivity index (χ1) is 6.40. The molecule has 0 saturated carbocycles. The standard InChI is InChI=1S/C10H15N3/c1-11-9-2-3-10(8-9)13-6-4-12-5-7-13/h8,10,12H,2-7H2/t10-/m1/s1. The van der Waals surface area contributed by atoms with Crippen LogP contribution in [-0.2, 0) is 0 Å². The molecule has 0 spiro atoms. The van der Waals surface area contributed by atoms with Crippen LogP contribution >= 0.6 is 0 Å². The molecule has 1 fully saturated rings. The maximum atomic E-state index is 6.93. The van der Waals surface area contributed by atoms with E-state index in [0.29, 0.717) is 6.04 Å². The lowest BCUT2D eigenvalue weighted by Crippen LogP contribution is -2.47. The third-order valence-electron chi connectivity index (χ3n) is 2.85. The highest BCUT2D eigenvalue weighted by Gasteiger charge is 2.23. The molecule has 0 unspecified atom stereocenters. The van der Waals surface area contributed by atoms with Crippen LogP contribution in [0.1, 0.15) is 12.8 Å². The molecule has 2 rings (SSSR count). The molecule has 0 aromatic carbocycles. The SMILES string of the molecule is [C-]#[N+]C1=C[C@H](N2CCNCC2)CC1. The van der Waals surface area contributed by atoms with Crippen molar-refractivity contribution in [2.45, 2.75) is 18.9 Å². The summed E-state index contributed by atoms with van der Waals surface area (Å²) in [5.74, 6) is 0. The Morgan fingerprint density at radius 2 is 2.23 bits per heavy atom. The van der Waals surface area contributed by atoms with Crippen LogP contribution in [0.3, 0.4) is 0 Å². The second-order valence-electron chi connectivity index (χ2n) is 3.66. The molecule has 0 aromatic rings. The molecule has 0 bridgehead atoms. The van der Waals surface area contributed by atoms with E-state index in [0.717, 1.165) is 44.7 Å². The molecular weight excluding hydrogens is 162 g/mol. The highest BCUT2D eigenvalue weighted by molar-refractivity contribution is 5.19. The van der Waals surface area contributed by atoms with Crippen molar-refractivity contribution in [3.63, 3.8) is 0 Å². The average Bonchev–Trinajstić information content (AvgIpc) is 2.67. The lowest BCUT2D eigenvalue weighted by Gasteiger charge is -2.31. The summed E-state index contributed by atoms with van der Waals surface area (Å²) >= 11 is 0. The molecule has 0 radical (unpaired) electrons. The fraction of sp³-hybridized carbons (Fsp3) is 0.700. The first kappa shape index (κ1) is 8.74. The van der Waals surface area contributed by atoms with Gasteiger partial charge >= 0.3 is 0 Å². The fourth-order valence-corrected chi connectivity index (χ4v) is 2.08. The van der Waals surface area contributed by atoms with Crippen molar-refractivity contribution in [3.8, 4) is 0 Å². The molecule has 1 heterocycles. The van der Waals surface area contributed by atoms with Gasteiger partial charge in [0.25, 0.3) is 0 Å². The molecule has 1 aliphatic carbocycles. The second-order valence-corrected chi connectivity index (χ2v) is 3.66. The van der Waals surface area contributed by atoms with Crippen LogP contribution in [0, 0.1) is 6.57 Å². The maximum absolute atomic E-state index is 6.93. The van der Waals surface area contributed by atoms with Gasteiger partial charge in [0.1, 0.15) is 0 Å². The summed E-state index contributed by atoms with van der Waals surface area (Å²) in [6, 6.07) is 0.547. The lowest BCUT2D eigenvalue weighted by atomic mass is 10.2. The van der Waals surface area contributed by atoms with Crippen LogP contribution in [0.2, 0.25) is 0 Å². The molecule has 1 N–H and O–H groups in total. The Morgan fingerprint density at radius 3 is 2.85 bits per heavy atom. The first-order valence-electron chi connectivity index (χ1n) is 4.93. The molecule has 1 atom stereocenters. The largest absolute Gasteiger partial charge is 0.314 e. The van der Waals surface area contributed by atoms with Gasteiger partial charge in [-0.3, -0.25) is 4.90 Å². The molecule has 0 amide bonds. The molecule has 0 aromatic heterocycles. The van der Waals surface area contributed by atoms with Gasteiger partial charge < -0.3 is 5.32 Å². The monoisotopic (exact) mass is 177 g/mol. The van der Waals surface area contributed by atoms with Crippen LogP contribution in [0.15, 0.2) is 11.8 Å². The number of nitrogens with zero attached hydrogens (tertiary/aromatic N) is 2. The molecule has 3 nitrogen and oxygen atoms in total. The van der Waals surface area contributed by atoms with Crippen molar-refractivity contribution in [3.05, 3.63) is 23.2 Å². The predicted octanol–water partition coefficient (Wildman–Crippen LogP) is 0.857. The first-order valence-corrected chi connectivity index (χ1v) is 4.93. The van der Waals surface area contributed by atoms with Crippen molar-refractivity contribution >= 4 is 0 Å². The summed E-state index contributed by atoms with van der Waals surface area (Å²) in [4.78, 5) is 5.98. The Labute approximate surface area is 79.2 Å². The number of hydrogen-bond acceptors (Lipinski definition) is 2. The Kier molecular flexibility index (Phi) is 2.62. The normalized spacial score (nSPS) is 29.8. The van der Waals surface area contributed by atoms with E-state index in [1.54, 1.807) is 0 Å².